The molecule has 0 heterocycles. The standard InChI is InChI=1S/C13H8ClFINO/c14-8-4-3-5-9(15)12(8)13(18)17-11-7-2-1-6-10(11)16/h1-7H,(H,17,18). The van der Waals surface area contributed by atoms with E-state index in [-0.39, 0.29) is 10.6 Å². The summed E-state index contributed by atoms with van der Waals surface area (Å²) in [6.07, 6.45) is 0. The summed E-state index contributed by atoms with van der Waals surface area (Å²) in [5, 5.41) is 2.73. The van der Waals surface area contributed by atoms with Crippen LogP contribution in [0.2, 0.25) is 5.02 Å². The highest BCUT2D eigenvalue weighted by Gasteiger charge is 2.16. The number of nitrogens with one attached hydrogen (secondary N) is 1. The van der Waals surface area contributed by atoms with Crippen LogP contribution in [0.25, 0.3) is 0 Å². The number of anilines is 1. The molecule has 0 saturated heterocycles. The molecule has 18 heavy (non-hydrogen) atoms. The molecule has 1 N–H and O–H groups in total. The van der Waals surface area contributed by atoms with Crippen molar-refractivity contribution in [2.75, 3.05) is 5.32 Å². The second kappa shape index (κ2) is 5.67. The monoisotopic (exact) mass is 375 g/mol. The predicted molar refractivity (Wildman–Crippen MR) is 78.5 cm³/mol. The number of carbonyl (C=O) groups excluding carboxylic acids is 1. The van der Waals surface area contributed by atoms with Gasteiger partial charge < -0.3 is 5.32 Å². The van der Waals surface area contributed by atoms with Crippen molar-refractivity contribution in [1.29, 1.82) is 0 Å². The van der Waals surface area contributed by atoms with Crippen LogP contribution in [-0.2, 0) is 0 Å². The summed E-state index contributed by atoms with van der Waals surface area (Å²) in [4.78, 5) is 12.0. The van der Waals surface area contributed by atoms with Crippen molar-refractivity contribution in [3.8, 4) is 0 Å². The fourth-order valence-electron chi connectivity index (χ4n) is 1.46. The second-order valence-electron chi connectivity index (χ2n) is 3.53. The molecule has 0 atom stereocenters. The Balaban J connectivity index is 2.31. The van der Waals surface area contributed by atoms with Gasteiger partial charge in [0.05, 0.1) is 16.3 Å². The zero-order chi connectivity index (χ0) is 13.1. The van der Waals surface area contributed by atoms with Gasteiger partial charge in [-0.3, -0.25) is 4.79 Å². The maximum absolute atomic E-state index is 13.6. The van der Waals surface area contributed by atoms with Gasteiger partial charge in [-0.05, 0) is 46.9 Å². The second-order valence-corrected chi connectivity index (χ2v) is 5.10. The minimum Gasteiger partial charge on any atom is -0.321 e. The molecule has 0 bridgehead atoms. The Labute approximate surface area is 122 Å². The van der Waals surface area contributed by atoms with Crippen LogP contribution in [-0.4, -0.2) is 5.91 Å². The molecular formula is C13H8ClFINO. The third kappa shape index (κ3) is 2.81. The summed E-state index contributed by atoms with van der Waals surface area (Å²) < 4.78 is 14.4. The molecule has 0 aliphatic rings. The molecule has 2 aromatic rings. The van der Waals surface area contributed by atoms with E-state index in [4.69, 9.17) is 11.6 Å². The number of hydrogen-bond acceptors (Lipinski definition) is 1. The summed E-state index contributed by atoms with van der Waals surface area (Å²) >= 11 is 7.92. The number of carbonyl (C=O) groups is 1. The highest BCUT2D eigenvalue weighted by Crippen LogP contribution is 2.22. The fraction of sp³-hybridized carbons (Fsp3) is 0. The molecule has 92 valence electrons. The lowest BCUT2D eigenvalue weighted by atomic mass is 10.2. The largest absolute Gasteiger partial charge is 0.321 e. The van der Waals surface area contributed by atoms with E-state index in [0.717, 1.165) is 3.57 Å². The summed E-state index contributed by atoms with van der Waals surface area (Å²) in [6, 6.07) is 11.4. The molecular weight excluding hydrogens is 368 g/mol. The minimum atomic E-state index is -0.633. The first-order valence-electron chi connectivity index (χ1n) is 5.09. The Morgan fingerprint density at radius 2 is 1.89 bits per heavy atom. The number of hydrogen-bond donors (Lipinski definition) is 1. The first-order valence-corrected chi connectivity index (χ1v) is 6.55. The van der Waals surface area contributed by atoms with E-state index in [1.807, 2.05) is 12.1 Å². The Morgan fingerprint density at radius 3 is 2.56 bits per heavy atom. The van der Waals surface area contributed by atoms with Crippen molar-refractivity contribution < 1.29 is 9.18 Å². The molecule has 0 aliphatic carbocycles. The smallest absolute Gasteiger partial charge is 0.260 e. The van der Waals surface area contributed by atoms with E-state index in [0.29, 0.717) is 5.69 Å². The van der Waals surface area contributed by atoms with Crippen molar-refractivity contribution in [3.05, 3.63) is 62.4 Å². The van der Waals surface area contributed by atoms with E-state index >= 15 is 0 Å². The van der Waals surface area contributed by atoms with Crippen molar-refractivity contribution in [2.45, 2.75) is 0 Å². The van der Waals surface area contributed by atoms with E-state index in [1.165, 1.54) is 18.2 Å². The number of rotatable bonds is 2. The van der Waals surface area contributed by atoms with Crippen LogP contribution in [0, 0.1) is 9.39 Å². The van der Waals surface area contributed by atoms with Crippen LogP contribution in [0.1, 0.15) is 10.4 Å². The average Bonchev–Trinajstić information content (AvgIpc) is 2.32. The van der Waals surface area contributed by atoms with E-state index in [9.17, 15) is 9.18 Å². The number of para-hydroxylation sites is 1. The normalized spacial score (nSPS) is 10.2. The van der Waals surface area contributed by atoms with Crippen molar-refractivity contribution in [1.82, 2.24) is 0 Å². The van der Waals surface area contributed by atoms with Gasteiger partial charge in [0.2, 0.25) is 0 Å². The molecule has 0 saturated carbocycles. The molecule has 2 aromatic carbocycles. The average molecular weight is 376 g/mol. The zero-order valence-corrected chi connectivity index (χ0v) is 12.0. The summed E-state index contributed by atoms with van der Waals surface area (Å²) in [5.41, 5.74) is 0.487. The van der Waals surface area contributed by atoms with Gasteiger partial charge in [-0.15, -0.1) is 0 Å². The van der Waals surface area contributed by atoms with Crippen LogP contribution in [0.3, 0.4) is 0 Å². The van der Waals surface area contributed by atoms with E-state index < -0.39 is 11.7 Å². The summed E-state index contributed by atoms with van der Waals surface area (Å²) in [5.74, 6) is -1.19. The topological polar surface area (TPSA) is 29.1 Å². The maximum Gasteiger partial charge on any atom is 0.260 e. The number of benzene rings is 2. The third-order valence-electron chi connectivity index (χ3n) is 2.31. The van der Waals surface area contributed by atoms with Gasteiger partial charge in [0.15, 0.2) is 0 Å². The Bertz CT molecular complexity index is 583. The molecule has 0 aromatic heterocycles. The van der Waals surface area contributed by atoms with Crippen molar-refractivity contribution in [3.63, 3.8) is 0 Å². The Kier molecular flexibility index (Phi) is 4.19. The lowest BCUT2D eigenvalue weighted by Gasteiger charge is -2.09. The number of halogens is 3. The molecule has 0 spiro atoms. The SMILES string of the molecule is O=C(Nc1ccccc1I)c1c(F)cccc1Cl. The molecule has 1 amide bonds. The molecule has 0 radical (unpaired) electrons. The summed E-state index contributed by atoms with van der Waals surface area (Å²) in [7, 11) is 0. The molecule has 0 unspecified atom stereocenters. The number of amides is 1. The quantitative estimate of drug-likeness (QED) is 0.778. The third-order valence-corrected chi connectivity index (χ3v) is 3.57. The minimum absolute atomic E-state index is 0.0958. The maximum atomic E-state index is 13.6. The van der Waals surface area contributed by atoms with Crippen LogP contribution >= 0.6 is 34.2 Å². The lowest BCUT2D eigenvalue weighted by molar-refractivity contribution is 0.102. The van der Waals surface area contributed by atoms with Crippen LogP contribution in [0.5, 0.6) is 0 Å². The van der Waals surface area contributed by atoms with Gasteiger partial charge in [0, 0.05) is 3.57 Å². The van der Waals surface area contributed by atoms with Crippen LogP contribution in [0.4, 0.5) is 10.1 Å². The highest BCUT2D eigenvalue weighted by molar-refractivity contribution is 14.1. The molecule has 0 aliphatic heterocycles. The first-order chi connectivity index (χ1) is 8.59. The Morgan fingerprint density at radius 1 is 1.17 bits per heavy atom. The molecule has 2 nitrogen and oxygen atoms in total. The predicted octanol–water partition coefficient (Wildman–Crippen LogP) is 4.34. The van der Waals surface area contributed by atoms with E-state index in [1.54, 1.807) is 12.1 Å². The van der Waals surface area contributed by atoms with Gasteiger partial charge in [-0.2, -0.15) is 0 Å². The Hall–Kier alpha value is -1.14. The van der Waals surface area contributed by atoms with Gasteiger partial charge in [-0.25, -0.2) is 4.39 Å². The zero-order valence-electron chi connectivity index (χ0n) is 9.08. The molecule has 0 fully saturated rings. The lowest BCUT2D eigenvalue weighted by Crippen LogP contribution is -2.15. The van der Waals surface area contributed by atoms with E-state index in [2.05, 4.69) is 27.9 Å². The van der Waals surface area contributed by atoms with Crippen molar-refractivity contribution >= 4 is 45.8 Å². The van der Waals surface area contributed by atoms with Gasteiger partial charge in [0.1, 0.15) is 5.82 Å². The highest BCUT2D eigenvalue weighted by atomic mass is 127. The summed E-state index contributed by atoms with van der Waals surface area (Å²) in [6.45, 7) is 0. The first kappa shape index (κ1) is 13.3. The molecule has 2 rings (SSSR count). The van der Waals surface area contributed by atoms with Gasteiger partial charge in [0.25, 0.3) is 5.91 Å². The van der Waals surface area contributed by atoms with Gasteiger partial charge >= 0.3 is 0 Å². The fourth-order valence-corrected chi connectivity index (χ4v) is 2.23. The van der Waals surface area contributed by atoms with Crippen LogP contribution < -0.4 is 5.32 Å². The van der Waals surface area contributed by atoms with Gasteiger partial charge in [-0.1, -0.05) is 29.8 Å². The van der Waals surface area contributed by atoms with Crippen LogP contribution in [0.15, 0.2) is 42.5 Å². The van der Waals surface area contributed by atoms with Crippen molar-refractivity contribution in [2.24, 2.45) is 0 Å². The molecule has 5 heteroatoms.